The number of thiophene rings is 1. The smallest absolute Gasteiger partial charge is 0.0948 e. The topological polar surface area (TPSA) is 29.9 Å². The van der Waals surface area contributed by atoms with Crippen LogP contribution in [0.25, 0.3) is 0 Å². The van der Waals surface area contributed by atoms with E-state index < -0.39 is 0 Å². The van der Waals surface area contributed by atoms with E-state index in [1.54, 1.807) is 0 Å². The van der Waals surface area contributed by atoms with Crippen molar-refractivity contribution in [2.24, 2.45) is 0 Å². The number of nitrogens with zero attached hydrogens (tertiary/aromatic N) is 2. The van der Waals surface area contributed by atoms with Crippen molar-refractivity contribution in [1.29, 1.82) is 0 Å². The Kier molecular flexibility index (Phi) is 4.96. The van der Waals surface area contributed by atoms with Crippen LogP contribution in [0.1, 0.15) is 36.4 Å². The molecule has 0 aliphatic carbocycles. The van der Waals surface area contributed by atoms with Crippen LogP contribution in [0.2, 0.25) is 0 Å². The van der Waals surface area contributed by atoms with E-state index >= 15 is 0 Å². The van der Waals surface area contributed by atoms with Crippen molar-refractivity contribution >= 4 is 11.3 Å². The maximum atomic E-state index is 4.22. The third-order valence-corrected chi connectivity index (χ3v) is 4.04. The van der Waals surface area contributed by atoms with Gasteiger partial charge in [0.05, 0.1) is 12.0 Å². The van der Waals surface area contributed by atoms with Gasteiger partial charge in [0.1, 0.15) is 0 Å². The molecule has 4 heteroatoms. The van der Waals surface area contributed by atoms with Gasteiger partial charge in [0.2, 0.25) is 0 Å². The Balaban J connectivity index is 1.86. The molecule has 98 valence electrons. The lowest BCUT2D eigenvalue weighted by atomic mass is 10.2. The van der Waals surface area contributed by atoms with Crippen LogP contribution in [-0.4, -0.2) is 9.55 Å². The Morgan fingerprint density at radius 3 is 3.00 bits per heavy atom. The Labute approximate surface area is 113 Å². The average molecular weight is 263 g/mol. The standard InChI is InChI=1S/C14H21N3S/c1-3-6-17-11-16-9-13(17)8-15-10-14-12(4-2)5-7-18-14/h5,7,9,11,15H,3-4,6,8,10H2,1-2H3. The van der Waals surface area contributed by atoms with Crippen LogP contribution in [0.4, 0.5) is 0 Å². The minimum atomic E-state index is 0.890. The summed E-state index contributed by atoms with van der Waals surface area (Å²) in [4.78, 5) is 5.67. The summed E-state index contributed by atoms with van der Waals surface area (Å²) in [5.41, 5.74) is 2.74. The second kappa shape index (κ2) is 6.71. The zero-order valence-corrected chi connectivity index (χ0v) is 12.0. The molecule has 2 aromatic heterocycles. The Bertz CT molecular complexity index is 473. The highest BCUT2D eigenvalue weighted by Crippen LogP contribution is 2.17. The summed E-state index contributed by atoms with van der Waals surface area (Å²) in [5.74, 6) is 0. The molecule has 3 nitrogen and oxygen atoms in total. The molecule has 0 aliphatic rings. The van der Waals surface area contributed by atoms with E-state index in [1.165, 1.54) is 16.1 Å². The van der Waals surface area contributed by atoms with Gasteiger partial charge in [0.25, 0.3) is 0 Å². The number of imidazole rings is 1. The van der Waals surface area contributed by atoms with Crippen LogP contribution in [0.15, 0.2) is 24.0 Å². The summed E-state index contributed by atoms with van der Waals surface area (Å²) >= 11 is 1.84. The number of aromatic nitrogens is 2. The molecule has 0 radical (unpaired) electrons. The number of hydrogen-bond donors (Lipinski definition) is 1. The van der Waals surface area contributed by atoms with Crippen LogP contribution in [-0.2, 0) is 26.1 Å². The van der Waals surface area contributed by atoms with Gasteiger partial charge in [-0.3, -0.25) is 0 Å². The third-order valence-electron chi connectivity index (χ3n) is 3.07. The van der Waals surface area contributed by atoms with Gasteiger partial charge >= 0.3 is 0 Å². The van der Waals surface area contributed by atoms with E-state index in [1.807, 2.05) is 23.9 Å². The summed E-state index contributed by atoms with van der Waals surface area (Å²) in [7, 11) is 0. The van der Waals surface area contributed by atoms with Crippen molar-refractivity contribution in [3.63, 3.8) is 0 Å². The molecule has 1 N–H and O–H groups in total. The van der Waals surface area contributed by atoms with Gasteiger partial charge in [-0.15, -0.1) is 11.3 Å². The van der Waals surface area contributed by atoms with Gasteiger partial charge in [-0.1, -0.05) is 13.8 Å². The molecular weight excluding hydrogens is 242 g/mol. The lowest BCUT2D eigenvalue weighted by Gasteiger charge is -2.08. The first-order valence-electron chi connectivity index (χ1n) is 6.60. The number of hydrogen-bond acceptors (Lipinski definition) is 3. The van der Waals surface area contributed by atoms with E-state index in [2.05, 4.69) is 40.2 Å². The van der Waals surface area contributed by atoms with Crippen molar-refractivity contribution in [3.8, 4) is 0 Å². The van der Waals surface area contributed by atoms with Crippen LogP contribution in [0.3, 0.4) is 0 Å². The van der Waals surface area contributed by atoms with Crippen LogP contribution >= 0.6 is 11.3 Å². The molecule has 0 saturated heterocycles. The van der Waals surface area contributed by atoms with Gasteiger partial charge in [-0.2, -0.15) is 0 Å². The Morgan fingerprint density at radius 1 is 1.33 bits per heavy atom. The molecule has 2 heterocycles. The van der Waals surface area contributed by atoms with Crippen molar-refractivity contribution in [2.45, 2.75) is 46.3 Å². The molecular formula is C14H21N3S. The second-order valence-corrected chi connectivity index (χ2v) is 5.41. The maximum Gasteiger partial charge on any atom is 0.0948 e. The quantitative estimate of drug-likeness (QED) is 0.831. The lowest BCUT2D eigenvalue weighted by Crippen LogP contribution is -2.15. The predicted octanol–water partition coefficient (Wildman–Crippen LogP) is 3.21. The monoisotopic (exact) mass is 263 g/mol. The van der Waals surface area contributed by atoms with E-state index in [9.17, 15) is 0 Å². The largest absolute Gasteiger partial charge is 0.333 e. The summed E-state index contributed by atoms with van der Waals surface area (Å²) in [5, 5.41) is 5.69. The Morgan fingerprint density at radius 2 is 2.22 bits per heavy atom. The molecule has 0 aromatic carbocycles. The third kappa shape index (κ3) is 3.21. The molecule has 0 saturated carbocycles. The van der Waals surface area contributed by atoms with E-state index in [-0.39, 0.29) is 0 Å². The average Bonchev–Trinajstić information content (AvgIpc) is 2.99. The van der Waals surface area contributed by atoms with Crippen LogP contribution in [0, 0.1) is 0 Å². The zero-order chi connectivity index (χ0) is 12.8. The SMILES string of the molecule is CCCn1cncc1CNCc1sccc1CC. The van der Waals surface area contributed by atoms with Gasteiger partial charge < -0.3 is 9.88 Å². The fourth-order valence-electron chi connectivity index (χ4n) is 2.08. The highest BCUT2D eigenvalue weighted by Gasteiger charge is 2.04. The van der Waals surface area contributed by atoms with Gasteiger partial charge in [-0.05, 0) is 29.9 Å². The molecule has 0 bridgehead atoms. The minimum absolute atomic E-state index is 0.890. The maximum absolute atomic E-state index is 4.22. The van der Waals surface area contributed by atoms with Gasteiger partial charge in [0, 0.05) is 30.7 Å². The predicted molar refractivity (Wildman–Crippen MR) is 76.8 cm³/mol. The highest BCUT2D eigenvalue weighted by atomic mass is 32.1. The minimum Gasteiger partial charge on any atom is -0.333 e. The summed E-state index contributed by atoms with van der Waals surface area (Å²) in [6.45, 7) is 7.30. The lowest BCUT2D eigenvalue weighted by molar-refractivity contribution is 0.602. The zero-order valence-electron chi connectivity index (χ0n) is 11.1. The van der Waals surface area contributed by atoms with Crippen LogP contribution in [0.5, 0.6) is 0 Å². The highest BCUT2D eigenvalue weighted by molar-refractivity contribution is 7.10. The molecule has 0 amide bonds. The van der Waals surface area contributed by atoms with Gasteiger partial charge in [-0.25, -0.2) is 4.98 Å². The fraction of sp³-hybridized carbons (Fsp3) is 0.500. The second-order valence-electron chi connectivity index (χ2n) is 4.40. The molecule has 2 rings (SSSR count). The van der Waals surface area contributed by atoms with E-state index in [0.717, 1.165) is 32.5 Å². The molecule has 0 spiro atoms. The molecule has 18 heavy (non-hydrogen) atoms. The normalized spacial score (nSPS) is 11.0. The number of aryl methyl sites for hydroxylation is 2. The van der Waals surface area contributed by atoms with Crippen molar-refractivity contribution < 1.29 is 0 Å². The van der Waals surface area contributed by atoms with Gasteiger partial charge in [0.15, 0.2) is 0 Å². The molecule has 0 unspecified atom stereocenters. The van der Waals surface area contributed by atoms with E-state index in [0.29, 0.717) is 0 Å². The van der Waals surface area contributed by atoms with Crippen molar-refractivity contribution in [2.75, 3.05) is 0 Å². The first kappa shape index (κ1) is 13.3. The molecule has 0 fully saturated rings. The number of nitrogens with one attached hydrogen (secondary N) is 1. The van der Waals surface area contributed by atoms with E-state index in [4.69, 9.17) is 0 Å². The van der Waals surface area contributed by atoms with Crippen molar-refractivity contribution in [1.82, 2.24) is 14.9 Å². The summed E-state index contributed by atoms with van der Waals surface area (Å²) in [6.07, 6.45) is 6.14. The Hall–Kier alpha value is -1.13. The molecule has 2 aromatic rings. The fourth-order valence-corrected chi connectivity index (χ4v) is 3.02. The molecule has 0 atom stereocenters. The van der Waals surface area contributed by atoms with Crippen LogP contribution < -0.4 is 5.32 Å². The summed E-state index contributed by atoms with van der Waals surface area (Å²) < 4.78 is 2.22. The summed E-state index contributed by atoms with van der Waals surface area (Å²) in [6, 6.07) is 2.23. The number of rotatable bonds is 7. The first-order valence-corrected chi connectivity index (χ1v) is 7.48. The molecule has 0 aliphatic heterocycles. The first-order chi connectivity index (χ1) is 8.85. The van der Waals surface area contributed by atoms with Crippen molar-refractivity contribution in [3.05, 3.63) is 40.1 Å².